The zero-order chi connectivity index (χ0) is 18.5. The molecule has 3 N–H and O–H groups in total. The molecule has 140 valence electrons. The molecule has 2 unspecified atom stereocenters. The molecule has 0 spiro atoms. The number of esters is 1. The molecule has 4 saturated carbocycles. The SMILES string of the molecule is CC(C)(C)NC(=O)NC(=O)COC(=O)C12C[C@@H]3C[C@@H](CC(O)(C3)C1)C2. The highest BCUT2D eigenvalue weighted by Gasteiger charge is 2.60. The third kappa shape index (κ3) is 3.97. The normalized spacial score (nSPS) is 36.0. The lowest BCUT2D eigenvalue weighted by Gasteiger charge is -2.58. The van der Waals surface area contributed by atoms with Crippen molar-refractivity contribution in [3.63, 3.8) is 0 Å². The molecule has 0 aliphatic heterocycles. The van der Waals surface area contributed by atoms with Crippen LogP contribution >= 0.6 is 0 Å². The Morgan fingerprint density at radius 3 is 2.24 bits per heavy atom. The quantitative estimate of drug-likeness (QED) is 0.668. The third-order valence-corrected chi connectivity index (χ3v) is 5.54. The number of ether oxygens (including phenoxy) is 1. The van der Waals surface area contributed by atoms with Gasteiger partial charge in [0.2, 0.25) is 0 Å². The molecule has 25 heavy (non-hydrogen) atoms. The van der Waals surface area contributed by atoms with E-state index < -0.39 is 41.1 Å². The van der Waals surface area contributed by atoms with Gasteiger partial charge in [-0.2, -0.15) is 0 Å². The topological polar surface area (TPSA) is 105 Å². The molecule has 7 heteroatoms. The number of hydrogen-bond donors (Lipinski definition) is 3. The van der Waals surface area contributed by atoms with Gasteiger partial charge in [-0.05, 0) is 71.1 Å². The minimum atomic E-state index is -0.752. The Balaban J connectivity index is 1.53. The van der Waals surface area contributed by atoms with Gasteiger partial charge >= 0.3 is 12.0 Å². The summed E-state index contributed by atoms with van der Waals surface area (Å²) in [5, 5.41) is 15.4. The predicted molar refractivity (Wildman–Crippen MR) is 89.5 cm³/mol. The molecular weight excluding hydrogens is 324 g/mol. The average molecular weight is 352 g/mol. The Bertz CT molecular complexity index is 581. The predicted octanol–water partition coefficient (Wildman–Crippen LogP) is 1.49. The van der Waals surface area contributed by atoms with E-state index in [1.165, 1.54) is 0 Å². The van der Waals surface area contributed by atoms with E-state index in [0.717, 1.165) is 32.1 Å². The highest BCUT2D eigenvalue weighted by atomic mass is 16.5. The van der Waals surface area contributed by atoms with Crippen LogP contribution in [-0.4, -0.2) is 40.8 Å². The maximum Gasteiger partial charge on any atom is 0.321 e. The van der Waals surface area contributed by atoms with Crippen LogP contribution in [0.4, 0.5) is 4.79 Å². The van der Waals surface area contributed by atoms with Crippen LogP contribution in [0, 0.1) is 17.3 Å². The van der Waals surface area contributed by atoms with Gasteiger partial charge in [-0.15, -0.1) is 0 Å². The van der Waals surface area contributed by atoms with Crippen LogP contribution in [0.3, 0.4) is 0 Å². The van der Waals surface area contributed by atoms with Crippen LogP contribution in [0.5, 0.6) is 0 Å². The third-order valence-electron chi connectivity index (χ3n) is 5.54. The lowest BCUT2D eigenvalue weighted by molar-refractivity contribution is -0.196. The van der Waals surface area contributed by atoms with Crippen molar-refractivity contribution in [2.24, 2.45) is 17.3 Å². The molecule has 4 bridgehead atoms. The van der Waals surface area contributed by atoms with E-state index in [1.54, 1.807) is 20.8 Å². The van der Waals surface area contributed by atoms with Crippen molar-refractivity contribution in [3.05, 3.63) is 0 Å². The van der Waals surface area contributed by atoms with Crippen LogP contribution in [0.1, 0.15) is 59.3 Å². The fraction of sp³-hybridized carbons (Fsp3) is 0.833. The molecule has 0 saturated heterocycles. The lowest BCUT2D eigenvalue weighted by atomic mass is 9.48. The summed E-state index contributed by atoms with van der Waals surface area (Å²) in [6.45, 7) is 4.92. The molecule has 0 aromatic carbocycles. The van der Waals surface area contributed by atoms with E-state index in [4.69, 9.17) is 4.74 Å². The van der Waals surface area contributed by atoms with E-state index in [-0.39, 0.29) is 0 Å². The molecule has 4 atom stereocenters. The van der Waals surface area contributed by atoms with Gasteiger partial charge in [-0.1, -0.05) is 0 Å². The fourth-order valence-electron chi connectivity index (χ4n) is 5.27. The number of carbonyl (C=O) groups excluding carboxylic acids is 3. The first kappa shape index (κ1) is 18.2. The van der Waals surface area contributed by atoms with Gasteiger partial charge in [-0.25, -0.2) is 4.79 Å². The van der Waals surface area contributed by atoms with Gasteiger partial charge in [0.15, 0.2) is 6.61 Å². The second kappa shape index (κ2) is 5.97. The number of rotatable bonds is 3. The molecule has 0 heterocycles. The van der Waals surface area contributed by atoms with Gasteiger partial charge in [0, 0.05) is 5.54 Å². The van der Waals surface area contributed by atoms with Crippen molar-refractivity contribution >= 4 is 17.9 Å². The van der Waals surface area contributed by atoms with Gasteiger partial charge in [0.05, 0.1) is 11.0 Å². The Hall–Kier alpha value is -1.63. The van der Waals surface area contributed by atoms with E-state index in [2.05, 4.69) is 10.6 Å². The maximum atomic E-state index is 12.6. The van der Waals surface area contributed by atoms with Crippen LogP contribution in [0.15, 0.2) is 0 Å². The second-order valence-corrected chi connectivity index (χ2v) is 9.29. The number of carbonyl (C=O) groups is 3. The van der Waals surface area contributed by atoms with Crippen molar-refractivity contribution in [1.82, 2.24) is 10.6 Å². The Morgan fingerprint density at radius 1 is 1.12 bits per heavy atom. The summed E-state index contributed by atoms with van der Waals surface area (Å²) in [4.78, 5) is 36.1. The van der Waals surface area contributed by atoms with E-state index in [0.29, 0.717) is 18.3 Å². The summed E-state index contributed by atoms with van der Waals surface area (Å²) in [6, 6.07) is -0.613. The summed E-state index contributed by atoms with van der Waals surface area (Å²) in [5.41, 5.74) is -1.87. The number of urea groups is 1. The average Bonchev–Trinajstić information content (AvgIpc) is 2.39. The fourth-order valence-corrected chi connectivity index (χ4v) is 5.27. The first-order valence-corrected chi connectivity index (χ1v) is 9.00. The molecule has 0 aromatic rings. The van der Waals surface area contributed by atoms with Gasteiger partial charge in [-0.3, -0.25) is 14.9 Å². The molecule has 0 aromatic heterocycles. The van der Waals surface area contributed by atoms with Crippen LogP contribution in [0.25, 0.3) is 0 Å². The summed E-state index contributed by atoms with van der Waals surface area (Å²) in [7, 11) is 0. The van der Waals surface area contributed by atoms with Crippen molar-refractivity contribution < 1.29 is 24.2 Å². The minimum absolute atomic E-state index is 0.366. The van der Waals surface area contributed by atoms with Crippen LogP contribution in [0.2, 0.25) is 0 Å². The van der Waals surface area contributed by atoms with E-state index in [1.807, 2.05) is 0 Å². The number of hydrogen-bond acceptors (Lipinski definition) is 5. The van der Waals surface area contributed by atoms with Crippen LogP contribution < -0.4 is 10.6 Å². The van der Waals surface area contributed by atoms with Crippen LogP contribution in [-0.2, 0) is 14.3 Å². The summed E-state index contributed by atoms with van der Waals surface area (Å²) in [5.74, 6) is -0.333. The van der Waals surface area contributed by atoms with Crippen molar-refractivity contribution in [3.8, 4) is 0 Å². The van der Waals surface area contributed by atoms with Crippen molar-refractivity contribution in [1.29, 1.82) is 0 Å². The molecule has 0 radical (unpaired) electrons. The first-order valence-electron chi connectivity index (χ1n) is 9.00. The maximum absolute atomic E-state index is 12.6. The minimum Gasteiger partial charge on any atom is -0.455 e. The van der Waals surface area contributed by atoms with E-state index >= 15 is 0 Å². The summed E-state index contributed by atoms with van der Waals surface area (Å²) < 4.78 is 5.22. The number of nitrogens with one attached hydrogen (secondary N) is 2. The standard InChI is InChI=1S/C18H28N2O5/c1-16(2,3)20-15(23)19-13(21)9-25-14(22)17-5-11-4-12(6-17)8-18(24,7-11)10-17/h11-12,24H,4-10H2,1-3H3,(H2,19,20,21,23)/t11-,12+,17?,18?. The van der Waals surface area contributed by atoms with Crippen molar-refractivity contribution in [2.45, 2.75) is 70.4 Å². The first-order chi connectivity index (χ1) is 11.5. The number of amides is 3. The zero-order valence-corrected chi connectivity index (χ0v) is 15.2. The molecule has 4 rings (SSSR count). The monoisotopic (exact) mass is 352 g/mol. The largest absolute Gasteiger partial charge is 0.455 e. The van der Waals surface area contributed by atoms with Gasteiger partial charge in [0.25, 0.3) is 5.91 Å². The number of imide groups is 1. The smallest absolute Gasteiger partial charge is 0.321 e. The second-order valence-electron chi connectivity index (χ2n) is 9.29. The zero-order valence-electron chi connectivity index (χ0n) is 15.2. The molecular formula is C18H28N2O5. The molecule has 4 aliphatic rings. The number of aliphatic hydroxyl groups is 1. The Labute approximate surface area is 147 Å². The molecule has 4 aliphatic carbocycles. The highest BCUT2D eigenvalue weighted by molar-refractivity contribution is 5.96. The Morgan fingerprint density at radius 2 is 1.72 bits per heavy atom. The highest BCUT2D eigenvalue weighted by Crippen LogP contribution is 2.61. The Kier molecular flexibility index (Phi) is 4.34. The lowest BCUT2D eigenvalue weighted by Crippen LogP contribution is -2.58. The van der Waals surface area contributed by atoms with Crippen molar-refractivity contribution in [2.75, 3.05) is 6.61 Å². The summed E-state index contributed by atoms with van der Waals surface area (Å²) in [6.07, 6.45) is 4.51. The molecule has 7 nitrogen and oxygen atoms in total. The summed E-state index contributed by atoms with van der Waals surface area (Å²) >= 11 is 0. The van der Waals surface area contributed by atoms with Gasteiger partial charge in [0.1, 0.15) is 0 Å². The molecule has 3 amide bonds. The van der Waals surface area contributed by atoms with Gasteiger partial charge < -0.3 is 15.2 Å². The van der Waals surface area contributed by atoms with E-state index in [9.17, 15) is 19.5 Å². The molecule has 4 fully saturated rings.